The minimum atomic E-state index is -0.659. The quantitative estimate of drug-likeness (QED) is 0.496. The van der Waals surface area contributed by atoms with Gasteiger partial charge in [0.2, 0.25) is 5.91 Å². The number of carbonyl (C=O) groups excluding carboxylic acids is 1. The molecule has 1 saturated heterocycles. The summed E-state index contributed by atoms with van der Waals surface area (Å²) in [4.78, 5) is 12.2. The Balaban J connectivity index is 2.87. The Bertz CT molecular complexity index is 230. The lowest BCUT2D eigenvalue weighted by Crippen LogP contribution is -2.28. The molecule has 1 heterocycles. The van der Waals surface area contributed by atoms with Gasteiger partial charge in [0.15, 0.2) is 8.78 Å². The lowest BCUT2D eigenvalue weighted by Gasteiger charge is -2.09. The second-order valence-electron chi connectivity index (χ2n) is 1.69. The van der Waals surface area contributed by atoms with Gasteiger partial charge in [0.25, 0.3) is 0 Å². The normalized spacial score (nSPS) is 32.3. The Morgan fingerprint density at radius 1 is 2.33 bits per heavy atom. The molecule has 1 aliphatic heterocycles. The van der Waals surface area contributed by atoms with E-state index in [9.17, 15) is 4.79 Å². The fourth-order valence-electron chi connectivity index (χ4n) is 0.634. The molecule has 0 radical (unpaired) electrons. The van der Waals surface area contributed by atoms with Crippen LogP contribution in [0.25, 0.3) is 0 Å². The van der Waals surface area contributed by atoms with E-state index in [1.165, 1.54) is 4.90 Å². The van der Waals surface area contributed by atoms with Gasteiger partial charge in [0, 0.05) is 7.89 Å². The van der Waals surface area contributed by atoms with Crippen LogP contribution in [0.4, 0.5) is 0 Å². The van der Waals surface area contributed by atoms with Gasteiger partial charge >= 0.3 is 0 Å². The lowest BCUT2D eigenvalue weighted by molar-refractivity contribution is -0.118. The molecule has 1 rings (SSSR count). The predicted octanol–water partition coefficient (Wildman–Crippen LogP) is -0.627. The van der Waals surface area contributed by atoms with Crippen molar-refractivity contribution in [3.63, 3.8) is 0 Å². The van der Waals surface area contributed by atoms with Crippen LogP contribution in [0.5, 0.6) is 0 Å². The molecule has 0 aromatic rings. The Morgan fingerprint density at radius 2 is 3.11 bits per heavy atom. The summed E-state index contributed by atoms with van der Waals surface area (Å²) < 4.78 is 21.1. The van der Waals surface area contributed by atoms with Gasteiger partial charge in [-0.25, -0.2) is 0 Å². The van der Waals surface area contributed by atoms with Crippen LogP contribution in [0, 0.1) is 5.40 Å². The highest BCUT2D eigenvalue weighted by molar-refractivity contribution is 6.02. The lowest BCUT2D eigenvalue weighted by atomic mass is 10.6. The first kappa shape index (κ1) is 3.20. The van der Waals surface area contributed by atoms with Crippen molar-refractivity contribution in [3.8, 4) is 0 Å². The maximum atomic E-state index is 10.9. The number of likely N-dealkylation sites (N-methyl/N-ethyl adjacent to an activating group) is 1. The zero-order valence-corrected chi connectivity index (χ0v) is 5.03. The standard InChI is InChI=1S/C5H9N3O/c1-2-8-3-4(9)7-5(8)6/h2-3H2,1H3,(H2,6,7,9)/i2D/hD2. The predicted molar refractivity (Wildman–Crippen MR) is 33.1 cm³/mol. The van der Waals surface area contributed by atoms with Crippen molar-refractivity contribution in [2.75, 3.05) is 13.1 Å². The number of carbonyl (C=O) groups is 1. The van der Waals surface area contributed by atoms with E-state index in [0.29, 0.717) is 5.31 Å². The average molecular weight is 130 g/mol. The van der Waals surface area contributed by atoms with Gasteiger partial charge in [-0.3, -0.25) is 15.5 Å². The molecule has 1 amide bonds. The third kappa shape index (κ3) is 1.01. The molecule has 2 N–H and O–H groups in total. The summed E-state index contributed by atoms with van der Waals surface area (Å²) in [6.45, 7) is 0.858. The van der Waals surface area contributed by atoms with Gasteiger partial charge < -0.3 is 4.90 Å². The number of nitrogens with zero attached hydrogens (tertiary/aromatic N) is 1. The van der Waals surface area contributed by atoms with Gasteiger partial charge in [-0.05, 0) is 6.92 Å². The highest BCUT2D eigenvalue weighted by atomic mass is 16.2. The number of hydrogen-bond donors (Lipinski definition) is 2. The second-order valence-corrected chi connectivity index (χ2v) is 1.69. The third-order valence-corrected chi connectivity index (χ3v) is 1.10. The van der Waals surface area contributed by atoms with E-state index in [2.05, 4.69) is 5.40 Å². The van der Waals surface area contributed by atoms with Crippen molar-refractivity contribution in [2.45, 2.75) is 6.92 Å². The molecule has 0 aromatic heterocycles. The Morgan fingerprint density at radius 3 is 3.56 bits per heavy atom. The highest BCUT2D eigenvalue weighted by Crippen LogP contribution is 1.93. The van der Waals surface area contributed by atoms with E-state index in [0.717, 1.165) is 0 Å². The van der Waals surface area contributed by atoms with Gasteiger partial charge in [0.1, 0.15) is 6.54 Å². The van der Waals surface area contributed by atoms with E-state index in [-0.39, 0.29) is 12.5 Å². The van der Waals surface area contributed by atoms with Gasteiger partial charge in [0.05, 0.1) is 0 Å². The molecule has 1 fully saturated rings. The summed E-state index contributed by atoms with van der Waals surface area (Å²) in [5.41, 5.74) is 0. The fourth-order valence-corrected chi connectivity index (χ4v) is 0.634. The van der Waals surface area contributed by atoms with E-state index >= 15 is 0 Å². The monoisotopic (exact) mass is 130 g/mol. The minimum Gasteiger partial charge on any atom is -0.334 e. The van der Waals surface area contributed by atoms with Gasteiger partial charge in [-0.2, -0.15) is 0 Å². The molecular weight excluding hydrogens is 118 g/mol. The summed E-state index contributed by atoms with van der Waals surface area (Å²) in [6, 6.07) is 0. The van der Waals surface area contributed by atoms with Crippen LogP contribution in [0.3, 0.4) is 0 Å². The summed E-state index contributed by atoms with van der Waals surface area (Å²) in [7, 11) is 0. The van der Waals surface area contributed by atoms with Crippen molar-refractivity contribution in [1.29, 1.82) is 5.40 Å². The Hall–Kier alpha value is -1.06. The van der Waals surface area contributed by atoms with Crippen LogP contribution in [0.15, 0.2) is 0 Å². The molecule has 0 bridgehead atoms. The molecule has 4 heteroatoms. The molecule has 0 saturated carbocycles. The zero-order chi connectivity index (χ0) is 9.30. The molecule has 1 aliphatic rings. The van der Waals surface area contributed by atoms with Crippen LogP contribution in [0.1, 0.15) is 8.29 Å². The SMILES string of the molecule is [2H]N=C1N([2H])C(=O)CN1C([2H])C. The van der Waals surface area contributed by atoms with Crippen LogP contribution in [0.2, 0.25) is 2.82 Å². The number of nitrogens with one attached hydrogen (secondary N) is 2. The summed E-state index contributed by atoms with van der Waals surface area (Å²) in [5, 5.41) is 3.55. The number of rotatable bonds is 1. The van der Waals surface area contributed by atoms with Gasteiger partial charge in [-0.15, -0.1) is 0 Å². The largest absolute Gasteiger partial charge is 0.334 e. The van der Waals surface area contributed by atoms with Crippen molar-refractivity contribution in [1.82, 2.24) is 10.2 Å². The van der Waals surface area contributed by atoms with Crippen molar-refractivity contribution in [2.24, 2.45) is 0 Å². The summed E-state index contributed by atoms with van der Waals surface area (Å²) in [5.74, 6) is -0.539. The van der Waals surface area contributed by atoms with Gasteiger partial charge in [-0.1, -0.05) is 0 Å². The topological polar surface area (TPSA) is 56.2 Å². The molecule has 0 aromatic carbocycles. The fraction of sp³-hybridized carbons (Fsp3) is 0.600. The first-order chi connectivity index (χ1) is 5.57. The van der Waals surface area contributed by atoms with Crippen LogP contribution >= 0.6 is 0 Å². The Kier molecular flexibility index (Phi) is 0.726. The van der Waals surface area contributed by atoms with Crippen LogP contribution in [-0.4, -0.2) is 29.8 Å². The van der Waals surface area contributed by atoms with E-state index in [4.69, 9.17) is 4.19 Å². The number of hydrogen-bond acceptors (Lipinski definition) is 2. The average Bonchev–Trinajstić information content (AvgIpc) is 2.29. The number of guanidine groups is 1. The highest BCUT2D eigenvalue weighted by Gasteiger charge is 2.20. The van der Waals surface area contributed by atoms with Crippen LogP contribution in [-0.2, 0) is 4.79 Å². The molecule has 0 spiro atoms. The first-order valence-corrected chi connectivity index (χ1v) is 2.60. The summed E-state index contributed by atoms with van der Waals surface area (Å²) in [6.07, 6.45) is 0. The molecule has 0 aliphatic carbocycles. The number of amides is 1. The molecular formula is C5H9N3O. The molecule has 4 nitrogen and oxygen atoms in total. The third-order valence-electron chi connectivity index (χ3n) is 1.10. The van der Waals surface area contributed by atoms with E-state index in [1.54, 1.807) is 6.92 Å². The van der Waals surface area contributed by atoms with Crippen LogP contribution < -0.4 is 5.31 Å². The summed E-state index contributed by atoms with van der Waals surface area (Å²) >= 11 is 0. The van der Waals surface area contributed by atoms with E-state index in [1.807, 2.05) is 0 Å². The maximum absolute atomic E-state index is 10.9. The zero-order valence-electron chi connectivity index (χ0n) is 8.03. The van der Waals surface area contributed by atoms with Crippen molar-refractivity contribution in [3.05, 3.63) is 0 Å². The molecule has 50 valence electrons. The second kappa shape index (κ2) is 2.05. The Labute approximate surface area is 57.7 Å². The van der Waals surface area contributed by atoms with Crippen molar-refractivity contribution >= 4 is 11.9 Å². The van der Waals surface area contributed by atoms with E-state index < -0.39 is 12.4 Å². The molecule has 9 heavy (non-hydrogen) atoms. The maximum Gasteiger partial charge on any atom is 0.246 e. The van der Waals surface area contributed by atoms with Crippen molar-refractivity contribution < 1.29 is 8.99 Å². The first-order valence-electron chi connectivity index (χ1n) is 4.08. The molecule has 1 atom stereocenters. The molecule has 1 unspecified atom stereocenters. The minimum absolute atomic E-state index is 0.0358. The smallest absolute Gasteiger partial charge is 0.246 e.